The molecule has 3 heterocycles. The number of hydrogen-bond donors (Lipinski definition) is 0. The van der Waals surface area contributed by atoms with Crippen LogP contribution in [-0.4, -0.2) is 58.7 Å². The summed E-state index contributed by atoms with van der Waals surface area (Å²) in [6.07, 6.45) is 1.53. The second-order valence-corrected chi connectivity index (χ2v) is 9.05. The lowest BCUT2D eigenvalue weighted by Crippen LogP contribution is -2.60. The Morgan fingerprint density at radius 1 is 1.10 bits per heavy atom. The minimum atomic E-state index is -3.64. The molecule has 0 aliphatic carbocycles. The highest BCUT2D eigenvalue weighted by atomic mass is 32.2. The fourth-order valence-corrected chi connectivity index (χ4v) is 4.49. The molecular weight excluding hydrogens is 395 g/mol. The van der Waals surface area contributed by atoms with Crippen LogP contribution >= 0.6 is 0 Å². The Morgan fingerprint density at radius 2 is 1.79 bits per heavy atom. The van der Waals surface area contributed by atoms with Gasteiger partial charge in [-0.15, -0.1) is 10.2 Å². The SMILES string of the molecule is Cc1nc(S(=O)(=O)N(C)C2CN(c3ccc(-c4ccc(F)cc4)nn3)C2)cn1C. The van der Waals surface area contributed by atoms with Crippen LogP contribution < -0.4 is 4.90 Å². The van der Waals surface area contributed by atoms with Gasteiger partial charge in [-0.25, -0.2) is 17.8 Å². The van der Waals surface area contributed by atoms with Gasteiger partial charge in [-0.1, -0.05) is 0 Å². The number of likely N-dealkylation sites (N-methyl/N-ethyl adjacent to an activating group) is 1. The largest absolute Gasteiger partial charge is 0.352 e. The van der Waals surface area contributed by atoms with Crippen molar-refractivity contribution in [1.82, 2.24) is 24.1 Å². The van der Waals surface area contributed by atoms with Gasteiger partial charge in [-0.2, -0.15) is 4.31 Å². The van der Waals surface area contributed by atoms with Gasteiger partial charge in [0.2, 0.25) is 0 Å². The molecule has 2 aromatic heterocycles. The van der Waals surface area contributed by atoms with E-state index in [1.807, 2.05) is 17.0 Å². The highest BCUT2D eigenvalue weighted by molar-refractivity contribution is 7.89. The van der Waals surface area contributed by atoms with Crippen LogP contribution in [0.25, 0.3) is 11.3 Å². The van der Waals surface area contributed by atoms with Gasteiger partial charge in [0.1, 0.15) is 11.6 Å². The molecule has 0 spiro atoms. The number of anilines is 1. The van der Waals surface area contributed by atoms with E-state index in [2.05, 4.69) is 15.2 Å². The van der Waals surface area contributed by atoms with Crippen molar-refractivity contribution in [3.63, 3.8) is 0 Å². The average Bonchev–Trinajstić information content (AvgIpc) is 3.01. The van der Waals surface area contributed by atoms with Crippen LogP contribution in [0.3, 0.4) is 0 Å². The normalized spacial score (nSPS) is 15.0. The number of imidazole rings is 1. The van der Waals surface area contributed by atoms with E-state index in [9.17, 15) is 12.8 Å². The summed E-state index contributed by atoms with van der Waals surface area (Å²) in [5.74, 6) is 1.01. The molecule has 10 heteroatoms. The molecule has 1 aliphatic heterocycles. The molecule has 8 nitrogen and oxygen atoms in total. The smallest absolute Gasteiger partial charge is 0.262 e. The first kappa shape index (κ1) is 19.5. The summed E-state index contributed by atoms with van der Waals surface area (Å²) in [6, 6.07) is 9.55. The van der Waals surface area contributed by atoms with Crippen LogP contribution in [0.4, 0.5) is 10.2 Å². The number of sulfonamides is 1. The summed E-state index contributed by atoms with van der Waals surface area (Å²) >= 11 is 0. The summed E-state index contributed by atoms with van der Waals surface area (Å²) in [5.41, 5.74) is 1.43. The maximum absolute atomic E-state index is 13.0. The van der Waals surface area contributed by atoms with Crippen molar-refractivity contribution in [3.05, 3.63) is 54.2 Å². The minimum Gasteiger partial charge on any atom is -0.352 e. The van der Waals surface area contributed by atoms with Crippen molar-refractivity contribution in [3.8, 4) is 11.3 Å². The minimum absolute atomic E-state index is 0.0573. The monoisotopic (exact) mass is 416 g/mol. The zero-order valence-electron chi connectivity index (χ0n) is 16.3. The molecular formula is C19H21FN6O2S. The lowest BCUT2D eigenvalue weighted by molar-refractivity contribution is 0.308. The van der Waals surface area contributed by atoms with Crippen molar-refractivity contribution in [1.29, 1.82) is 0 Å². The molecule has 3 aromatic rings. The van der Waals surface area contributed by atoms with E-state index < -0.39 is 10.0 Å². The first-order valence-corrected chi connectivity index (χ1v) is 10.5. The third-order valence-corrected chi connectivity index (χ3v) is 7.00. The van der Waals surface area contributed by atoms with Gasteiger partial charge >= 0.3 is 0 Å². The molecule has 152 valence electrons. The standard InChI is InChI=1S/C19H21FN6O2S/c1-13-21-19(12-24(13)2)29(27,28)25(3)16-10-26(11-16)18-9-8-17(22-23-18)14-4-6-15(20)7-5-14/h4-9,12,16H,10-11H2,1-3H3. The maximum Gasteiger partial charge on any atom is 0.262 e. The van der Waals surface area contributed by atoms with Gasteiger partial charge in [-0.3, -0.25) is 0 Å². The Labute approximate surface area is 168 Å². The zero-order valence-corrected chi connectivity index (χ0v) is 17.1. The van der Waals surface area contributed by atoms with Gasteiger partial charge < -0.3 is 9.47 Å². The number of hydrogen-bond acceptors (Lipinski definition) is 6. The van der Waals surface area contributed by atoms with Crippen LogP contribution in [0, 0.1) is 12.7 Å². The lowest BCUT2D eigenvalue weighted by Gasteiger charge is -2.43. The number of aryl methyl sites for hydroxylation is 2. The highest BCUT2D eigenvalue weighted by Crippen LogP contribution is 2.26. The summed E-state index contributed by atoms with van der Waals surface area (Å²) in [6.45, 7) is 2.80. The van der Waals surface area contributed by atoms with E-state index in [1.165, 1.54) is 22.6 Å². The predicted molar refractivity (Wildman–Crippen MR) is 106 cm³/mol. The van der Waals surface area contributed by atoms with Crippen LogP contribution in [-0.2, 0) is 17.1 Å². The molecule has 1 aromatic carbocycles. The maximum atomic E-state index is 13.0. The fourth-order valence-electron chi connectivity index (χ4n) is 3.14. The molecule has 0 saturated carbocycles. The number of halogens is 1. The molecule has 0 N–H and O–H groups in total. The van der Waals surface area contributed by atoms with E-state index in [0.717, 1.165) is 5.56 Å². The quantitative estimate of drug-likeness (QED) is 0.631. The Kier molecular flexibility index (Phi) is 4.83. The number of rotatable bonds is 5. The second kappa shape index (κ2) is 7.20. The van der Waals surface area contributed by atoms with E-state index in [1.54, 1.807) is 37.7 Å². The van der Waals surface area contributed by atoms with E-state index >= 15 is 0 Å². The Bertz CT molecular complexity index is 1100. The number of benzene rings is 1. The first-order chi connectivity index (χ1) is 13.8. The molecule has 29 heavy (non-hydrogen) atoms. The molecule has 0 unspecified atom stereocenters. The summed E-state index contributed by atoms with van der Waals surface area (Å²) < 4.78 is 41.7. The number of aromatic nitrogens is 4. The second-order valence-electron chi connectivity index (χ2n) is 7.10. The highest BCUT2D eigenvalue weighted by Gasteiger charge is 2.38. The third kappa shape index (κ3) is 3.60. The topological polar surface area (TPSA) is 84.2 Å². The molecule has 0 amide bonds. The fraction of sp³-hybridized carbons (Fsp3) is 0.316. The van der Waals surface area contributed by atoms with Crippen LogP contribution in [0.15, 0.2) is 47.6 Å². The first-order valence-electron chi connectivity index (χ1n) is 9.08. The van der Waals surface area contributed by atoms with Crippen molar-refractivity contribution < 1.29 is 12.8 Å². The third-order valence-electron chi connectivity index (χ3n) is 5.22. The summed E-state index contributed by atoms with van der Waals surface area (Å²) in [4.78, 5) is 6.10. The molecule has 4 rings (SSSR count). The van der Waals surface area contributed by atoms with Crippen LogP contribution in [0.2, 0.25) is 0 Å². The van der Waals surface area contributed by atoms with Gasteiger partial charge in [0, 0.05) is 38.9 Å². The zero-order chi connectivity index (χ0) is 20.8. The van der Waals surface area contributed by atoms with E-state index in [4.69, 9.17) is 0 Å². The Balaban J connectivity index is 1.42. The molecule has 0 bridgehead atoms. The van der Waals surface area contributed by atoms with Crippen LogP contribution in [0.1, 0.15) is 5.82 Å². The summed E-state index contributed by atoms with van der Waals surface area (Å²) in [5, 5.41) is 8.49. The lowest BCUT2D eigenvalue weighted by atomic mass is 10.1. The number of nitrogens with zero attached hydrogens (tertiary/aromatic N) is 6. The molecule has 0 atom stereocenters. The van der Waals surface area contributed by atoms with Crippen molar-refractivity contribution in [2.24, 2.45) is 7.05 Å². The Hall–Kier alpha value is -2.85. The van der Waals surface area contributed by atoms with Gasteiger partial charge in [-0.05, 0) is 43.3 Å². The van der Waals surface area contributed by atoms with Gasteiger partial charge in [0.05, 0.1) is 11.7 Å². The van der Waals surface area contributed by atoms with Crippen molar-refractivity contribution in [2.45, 2.75) is 18.0 Å². The Morgan fingerprint density at radius 3 is 2.34 bits per heavy atom. The average molecular weight is 416 g/mol. The molecule has 1 aliphatic rings. The predicted octanol–water partition coefficient (Wildman–Crippen LogP) is 1.83. The van der Waals surface area contributed by atoms with Crippen molar-refractivity contribution in [2.75, 3.05) is 25.0 Å². The molecule has 1 saturated heterocycles. The van der Waals surface area contributed by atoms with Gasteiger partial charge in [0.25, 0.3) is 10.0 Å². The molecule has 0 radical (unpaired) electrons. The van der Waals surface area contributed by atoms with Crippen LogP contribution in [0.5, 0.6) is 0 Å². The van der Waals surface area contributed by atoms with E-state index in [-0.39, 0.29) is 16.9 Å². The molecule has 1 fully saturated rings. The summed E-state index contributed by atoms with van der Waals surface area (Å²) in [7, 11) is -0.306. The van der Waals surface area contributed by atoms with Gasteiger partial charge in [0.15, 0.2) is 10.8 Å². The van der Waals surface area contributed by atoms with E-state index in [0.29, 0.717) is 30.4 Å². The van der Waals surface area contributed by atoms with Crippen molar-refractivity contribution >= 4 is 15.8 Å².